The van der Waals surface area contributed by atoms with Crippen molar-refractivity contribution in [1.29, 1.82) is 0 Å². The van der Waals surface area contributed by atoms with Crippen molar-refractivity contribution in [3.05, 3.63) is 42.4 Å². The lowest BCUT2D eigenvalue weighted by Crippen LogP contribution is -2.27. The lowest BCUT2D eigenvalue weighted by molar-refractivity contribution is 0.161. The Morgan fingerprint density at radius 2 is 1.96 bits per heavy atom. The minimum atomic E-state index is -3.64. The third-order valence-electron chi connectivity index (χ3n) is 4.38. The van der Waals surface area contributed by atoms with E-state index in [1.54, 1.807) is 0 Å². The molecule has 0 saturated heterocycles. The monoisotopic (exact) mass is 388 g/mol. The first-order chi connectivity index (χ1) is 12.9. The fraction of sp³-hybridized carbons (Fsp3) is 0.353. The average molecular weight is 388 g/mol. The summed E-state index contributed by atoms with van der Waals surface area (Å²) in [5.74, 6) is 0. The molecule has 3 aromatic rings. The molecule has 0 spiro atoms. The van der Waals surface area contributed by atoms with E-state index in [0.29, 0.717) is 30.2 Å². The van der Waals surface area contributed by atoms with Crippen molar-refractivity contribution in [1.82, 2.24) is 27.6 Å². The van der Waals surface area contributed by atoms with Crippen molar-refractivity contribution < 1.29 is 13.2 Å². The van der Waals surface area contributed by atoms with Gasteiger partial charge >= 0.3 is 10.2 Å². The van der Waals surface area contributed by atoms with E-state index in [4.69, 9.17) is 9.72 Å². The maximum Gasteiger partial charge on any atom is 0.308 e. The predicted molar refractivity (Wildman–Crippen MR) is 100 cm³/mol. The molecule has 1 aliphatic rings. The summed E-state index contributed by atoms with van der Waals surface area (Å²) in [5, 5.41) is 0. The molecule has 4 heterocycles. The summed E-state index contributed by atoms with van der Waals surface area (Å²) in [6, 6.07) is 0. The van der Waals surface area contributed by atoms with Crippen LogP contribution in [0.3, 0.4) is 0 Å². The van der Waals surface area contributed by atoms with Gasteiger partial charge in [0.25, 0.3) is 0 Å². The van der Waals surface area contributed by atoms with Crippen molar-refractivity contribution in [2.75, 3.05) is 27.3 Å². The molecule has 0 amide bonds. The number of rotatable bonds is 4. The molecule has 0 unspecified atom stereocenters. The van der Waals surface area contributed by atoms with Crippen LogP contribution in [0.1, 0.15) is 17.8 Å². The molecule has 0 saturated carbocycles. The zero-order valence-corrected chi connectivity index (χ0v) is 16.1. The maximum absolute atomic E-state index is 12.3. The fourth-order valence-corrected chi connectivity index (χ4v) is 3.73. The van der Waals surface area contributed by atoms with Crippen LogP contribution >= 0.6 is 0 Å². The summed E-state index contributed by atoms with van der Waals surface area (Å²) in [4.78, 5) is 13.6. The summed E-state index contributed by atoms with van der Waals surface area (Å²) in [6.07, 6.45) is 9.37. The number of nitrogens with zero attached hydrogens (tertiary/aromatic N) is 6. The van der Waals surface area contributed by atoms with Crippen molar-refractivity contribution in [3.63, 3.8) is 0 Å². The number of imidazole rings is 2. The molecule has 0 fully saturated rings. The Hall–Kier alpha value is -2.56. The van der Waals surface area contributed by atoms with Crippen molar-refractivity contribution in [2.45, 2.75) is 13.3 Å². The quantitative estimate of drug-likeness (QED) is 0.670. The number of hydrogen-bond donors (Lipinski definition) is 0. The van der Waals surface area contributed by atoms with Crippen LogP contribution < -0.4 is 0 Å². The zero-order chi connectivity index (χ0) is 19.2. The Morgan fingerprint density at radius 3 is 2.67 bits per heavy atom. The van der Waals surface area contributed by atoms with Gasteiger partial charge in [-0.05, 0) is 18.9 Å². The molecule has 0 radical (unpaired) electrons. The first-order valence-corrected chi connectivity index (χ1v) is 9.87. The van der Waals surface area contributed by atoms with Crippen molar-refractivity contribution in [2.24, 2.45) is 0 Å². The molecule has 0 atom stereocenters. The van der Waals surface area contributed by atoms with Crippen molar-refractivity contribution >= 4 is 21.4 Å². The Balaban J connectivity index is 1.88. The lowest BCUT2D eigenvalue weighted by Gasteiger charge is -2.14. The second-order valence-corrected chi connectivity index (χ2v) is 8.57. The summed E-state index contributed by atoms with van der Waals surface area (Å²) < 4.78 is 34.2. The van der Waals surface area contributed by atoms with Crippen LogP contribution in [-0.4, -0.2) is 63.4 Å². The first-order valence-electron chi connectivity index (χ1n) is 8.47. The van der Waals surface area contributed by atoms with E-state index in [0.717, 1.165) is 31.7 Å². The minimum Gasteiger partial charge on any atom is -0.377 e. The molecular formula is C17H20N6O3S. The topological polar surface area (TPSA) is 94.6 Å². The van der Waals surface area contributed by atoms with E-state index in [9.17, 15) is 8.42 Å². The van der Waals surface area contributed by atoms with E-state index in [1.165, 1.54) is 26.6 Å². The molecule has 4 rings (SSSR count). The summed E-state index contributed by atoms with van der Waals surface area (Å²) in [7, 11) is -0.690. The van der Waals surface area contributed by atoms with Gasteiger partial charge in [0.2, 0.25) is 0 Å². The number of aryl methyl sites for hydroxylation is 1. The summed E-state index contributed by atoms with van der Waals surface area (Å²) >= 11 is 0. The fourth-order valence-electron chi connectivity index (χ4n) is 2.95. The molecule has 0 aliphatic carbocycles. The zero-order valence-electron chi connectivity index (χ0n) is 15.3. The van der Waals surface area contributed by atoms with Crippen LogP contribution in [-0.2, 0) is 14.9 Å². The second-order valence-electron chi connectivity index (χ2n) is 6.52. The van der Waals surface area contributed by atoms with Crippen LogP contribution in [0.2, 0.25) is 0 Å². The van der Waals surface area contributed by atoms with Crippen LogP contribution in [0.25, 0.3) is 22.6 Å². The smallest absolute Gasteiger partial charge is 0.308 e. The van der Waals surface area contributed by atoms with E-state index < -0.39 is 10.2 Å². The molecule has 1 aliphatic heterocycles. The highest BCUT2D eigenvalue weighted by Gasteiger charge is 2.20. The molecule has 10 heteroatoms. The van der Waals surface area contributed by atoms with Gasteiger partial charge in [-0.3, -0.25) is 0 Å². The molecule has 27 heavy (non-hydrogen) atoms. The molecule has 0 aromatic carbocycles. The molecule has 0 bridgehead atoms. The van der Waals surface area contributed by atoms with Gasteiger partial charge in [0.05, 0.1) is 30.8 Å². The molecule has 9 nitrogen and oxygen atoms in total. The normalized spacial score (nSPS) is 15.5. The van der Waals surface area contributed by atoms with Gasteiger partial charge in [-0.15, -0.1) is 0 Å². The van der Waals surface area contributed by atoms with E-state index >= 15 is 0 Å². The van der Waals surface area contributed by atoms with Crippen molar-refractivity contribution in [3.8, 4) is 11.4 Å². The lowest BCUT2D eigenvalue weighted by atomic mass is 10.1. The van der Waals surface area contributed by atoms with E-state index in [-0.39, 0.29) is 0 Å². The van der Waals surface area contributed by atoms with Crippen LogP contribution in [0.4, 0.5) is 0 Å². The van der Waals surface area contributed by atoms with Gasteiger partial charge in [0, 0.05) is 26.5 Å². The number of ether oxygens (including phenoxy) is 1. The largest absolute Gasteiger partial charge is 0.377 e. The van der Waals surface area contributed by atoms with Gasteiger partial charge in [-0.1, -0.05) is 6.08 Å². The number of aromatic nitrogens is 5. The maximum atomic E-state index is 12.3. The number of fused-ring (bicyclic) bond motifs is 1. The van der Waals surface area contributed by atoms with Gasteiger partial charge in [-0.25, -0.2) is 18.9 Å². The third kappa shape index (κ3) is 3.15. The SMILES string of the molecule is Cc1cn2cc(C3=CCOCC3)nc(-c3cn(S(=O)(=O)N(C)C)cn3)c2n1. The summed E-state index contributed by atoms with van der Waals surface area (Å²) in [6.45, 7) is 3.11. The van der Waals surface area contributed by atoms with Gasteiger partial charge in [-0.2, -0.15) is 12.7 Å². The Labute approximate surface area is 157 Å². The Kier molecular flexibility index (Phi) is 4.33. The van der Waals surface area contributed by atoms with Gasteiger partial charge < -0.3 is 9.14 Å². The molecule has 142 valence electrons. The van der Waals surface area contributed by atoms with Gasteiger partial charge in [0.1, 0.15) is 17.7 Å². The van der Waals surface area contributed by atoms with Gasteiger partial charge in [0.15, 0.2) is 5.65 Å². The summed E-state index contributed by atoms with van der Waals surface area (Å²) in [5.41, 5.74) is 4.37. The first kappa shape index (κ1) is 17.8. The molecule has 0 N–H and O–H groups in total. The third-order valence-corrected chi connectivity index (χ3v) is 6.04. The van der Waals surface area contributed by atoms with Crippen LogP contribution in [0.5, 0.6) is 0 Å². The van der Waals surface area contributed by atoms with E-state index in [1.807, 2.05) is 29.8 Å². The highest BCUT2D eigenvalue weighted by Crippen LogP contribution is 2.26. The highest BCUT2D eigenvalue weighted by atomic mass is 32.2. The predicted octanol–water partition coefficient (Wildman–Crippen LogP) is 1.36. The molecular weight excluding hydrogens is 368 g/mol. The Morgan fingerprint density at radius 1 is 1.15 bits per heavy atom. The van der Waals surface area contributed by atoms with Crippen LogP contribution in [0, 0.1) is 6.92 Å². The Bertz CT molecular complexity index is 1140. The standard InChI is InChI=1S/C17H20N6O3S/c1-12-8-22-9-14(13-4-6-26-7-5-13)20-16(17(22)19-12)15-10-23(11-18-15)27(24,25)21(2)3/h4,8-11H,5-7H2,1-3H3. The highest BCUT2D eigenvalue weighted by molar-refractivity contribution is 7.87. The minimum absolute atomic E-state index is 0.450. The second kappa shape index (κ2) is 6.55. The average Bonchev–Trinajstić information content (AvgIpc) is 3.27. The van der Waals surface area contributed by atoms with E-state index in [2.05, 4.69) is 9.97 Å². The molecule has 3 aromatic heterocycles. The van der Waals surface area contributed by atoms with Crippen LogP contribution in [0.15, 0.2) is 31.0 Å². The number of hydrogen-bond acceptors (Lipinski definition) is 6.